The first-order chi connectivity index (χ1) is 15.2. The number of rotatable bonds is 5. The van der Waals surface area contributed by atoms with Gasteiger partial charge in [-0.15, -0.1) is 0 Å². The summed E-state index contributed by atoms with van der Waals surface area (Å²) in [5.74, 6) is -0.185. The van der Waals surface area contributed by atoms with E-state index in [1.165, 1.54) is 23.3 Å². The molecule has 0 saturated heterocycles. The number of aromatic amines is 1. The van der Waals surface area contributed by atoms with E-state index in [0.717, 1.165) is 66.1 Å². The molecule has 0 atom stereocenters. The molecular weight excluding hydrogens is 387 g/mol. The van der Waals surface area contributed by atoms with Crippen molar-refractivity contribution in [3.8, 4) is 0 Å². The van der Waals surface area contributed by atoms with Gasteiger partial charge in [0.15, 0.2) is 0 Å². The Morgan fingerprint density at radius 3 is 2.52 bits per heavy atom. The van der Waals surface area contributed by atoms with Gasteiger partial charge < -0.3 is 4.98 Å². The van der Waals surface area contributed by atoms with Gasteiger partial charge in [-0.1, -0.05) is 42.5 Å². The molecule has 5 rings (SSSR count). The molecule has 0 spiro atoms. The lowest BCUT2D eigenvalue weighted by atomic mass is 9.99. The Kier molecular flexibility index (Phi) is 5.39. The second kappa shape index (κ2) is 8.48. The Balaban J connectivity index is 1.24. The van der Waals surface area contributed by atoms with Gasteiger partial charge in [-0.25, -0.2) is 4.39 Å². The average molecular weight is 413 g/mol. The molecular formula is C27H25FN2O. The maximum atomic E-state index is 13.1. The number of aryl methyl sites for hydroxylation is 1. The minimum absolute atomic E-state index is 0.0333. The molecule has 1 N–H and O–H groups in total. The van der Waals surface area contributed by atoms with E-state index in [-0.39, 0.29) is 11.4 Å². The number of fused-ring (bicyclic) bond motifs is 3. The van der Waals surface area contributed by atoms with Crippen LogP contribution in [0, 0.1) is 5.82 Å². The van der Waals surface area contributed by atoms with Gasteiger partial charge in [0.25, 0.3) is 5.56 Å². The number of benzene rings is 3. The van der Waals surface area contributed by atoms with Gasteiger partial charge in [0.1, 0.15) is 5.82 Å². The van der Waals surface area contributed by atoms with Gasteiger partial charge in [-0.05, 0) is 78.2 Å². The van der Waals surface area contributed by atoms with Gasteiger partial charge in [0.2, 0.25) is 0 Å². The first-order valence-corrected chi connectivity index (χ1v) is 10.9. The summed E-state index contributed by atoms with van der Waals surface area (Å²) in [5.41, 5.74) is 4.59. The number of pyridine rings is 1. The van der Waals surface area contributed by atoms with Crippen LogP contribution in [0.15, 0.2) is 77.6 Å². The second-order valence-corrected chi connectivity index (χ2v) is 8.27. The fourth-order valence-corrected chi connectivity index (χ4v) is 4.53. The van der Waals surface area contributed by atoms with Crippen molar-refractivity contribution in [2.24, 2.45) is 0 Å². The molecule has 2 heterocycles. The van der Waals surface area contributed by atoms with E-state index in [9.17, 15) is 9.18 Å². The van der Waals surface area contributed by atoms with Crippen LogP contribution >= 0.6 is 0 Å². The highest BCUT2D eigenvalue weighted by atomic mass is 19.1. The Labute approximate surface area is 180 Å². The Bertz CT molecular complexity index is 1320. The van der Waals surface area contributed by atoms with Crippen molar-refractivity contribution in [1.82, 2.24) is 9.88 Å². The zero-order valence-corrected chi connectivity index (χ0v) is 17.4. The van der Waals surface area contributed by atoms with Crippen LogP contribution in [-0.2, 0) is 6.42 Å². The summed E-state index contributed by atoms with van der Waals surface area (Å²) in [6.07, 6.45) is 5.37. The molecule has 0 saturated carbocycles. The number of H-pyrrole nitrogens is 1. The molecule has 0 amide bonds. The number of nitrogens with one attached hydrogen (secondary N) is 1. The van der Waals surface area contributed by atoms with E-state index < -0.39 is 0 Å². The van der Waals surface area contributed by atoms with Crippen molar-refractivity contribution in [2.75, 3.05) is 19.6 Å². The Morgan fingerprint density at radius 1 is 0.935 bits per heavy atom. The second-order valence-electron chi connectivity index (χ2n) is 8.27. The van der Waals surface area contributed by atoms with Crippen molar-refractivity contribution in [3.05, 3.63) is 100 Å². The monoisotopic (exact) mass is 412 g/mol. The number of halogens is 1. The fourth-order valence-electron chi connectivity index (χ4n) is 4.53. The normalized spacial score (nSPS) is 14.8. The molecule has 156 valence electrons. The van der Waals surface area contributed by atoms with Crippen LogP contribution in [0.25, 0.3) is 27.2 Å². The largest absolute Gasteiger partial charge is 0.321 e. The summed E-state index contributed by atoms with van der Waals surface area (Å²) in [4.78, 5) is 17.7. The third-order valence-electron chi connectivity index (χ3n) is 6.24. The van der Waals surface area contributed by atoms with Crippen molar-refractivity contribution in [1.29, 1.82) is 0 Å². The van der Waals surface area contributed by atoms with Crippen LogP contribution in [0.2, 0.25) is 0 Å². The zero-order chi connectivity index (χ0) is 21.2. The molecule has 1 aliphatic heterocycles. The molecule has 0 unspecified atom stereocenters. The number of hydrogen-bond donors (Lipinski definition) is 1. The Morgan fingerprint density at radius 2 is 1.74 bits per heavy atom. The lowest BCUT2D eigenvalue weighted by Crippen LogP contribution is -2.29. The number of nitrogens with zero attached hydrogens (tertiary/aromatic N) is 1. The molecule has 3 nitrogen and oxygen atoms in total. The summed E-state index contributed by atoms with van der Waals surface area (Å²) in [6, 6.07) is 21.0. The van der Waals surface area contributed by atoms with Crippen molar-refractivity contribution >= 4 is 27.2 Å². The van der Waals surface area contributed by atoms with E-state index in [1.807, 2.05) is 42.5 Å². The van der Waals surface area contributed by atoms with Crippen LogP contribution < -0.4 is 5.56 Å². The molecule has 31 heavy (non-hydrogen) atoms. The summed E-state index contributed by atoms with van der Waals surface area (Å²) in [5, 5.41) is 2.86. The third kappa shape index (κ3) is 4.17. The van der Waals surface area contributed by atoms with Crippen molar-refractivity contribution < 1.29 is 4.39 Å². The van der Waals surface area contributed by atoms with Crippen molar-refractivity contribution in [3.63, 3.8) is 0 Å². The zero-order valence-electron chi connectivity index (χ0n) is 17.4. The molecule has 1 aromatic heterocycles. The van der Waals surface area contributed by atoms with Crippen LogP contribution in [0.3, 0.4) is 0 Å². The number of hydrogen-bond acceptors (Lipinski definition) is 2. The van der Waals surface area contributed by atoms with Crippen LogP contribution in [0.1, 0.15) is 24.0 Å². The molecule has 1 aliphatic rings. The van der Waals surface area contributed by atoms with E-state index in [1.54, 1.807) is 0 Å². The maximum Gasteiger partial charge on any atom is 0.256 e. The van der Waals surface area contributed by atoms with Gasteiger partial charge >= 0.3 is 0 Å². The topological polar surface area (TPSA) is 36.1 Å². The minimum Gasteiger partial charge on any atom is -0.321 e. The first-order valence-electron chi connectivity index (χ1n) is 10.9. The summed E-state index contributed by atoms with van der Waals surface area (Å²) in [7, 11) is 0. The SMILES string of the molecule is O=c1[nH]c2ccc(CCCN3CC=C(c4ccc(F)cc4)CC3)cc2c2ccccc12. The van der Waals surface area contributed by atoms with Gasteiger partial charge in [0.05, 0.1) is 0 Å². The predicted octanol–water partition coefficient (Wildman–Crippen LogP) is 5.54. The molecule has 3 aromatic carbocycles. The Hall–Kier alpha value is -3.24. The first kappa shape index (κ1) is 19.7. The average Bonchev–Trinajstić information content (AvgIpc) is 2.81. The molecule has 0 radical (unpaired) electrons. The molecule has 0 fully saturated rings. The maximum absolute atomic E-state index is 13.1. The van der Waals surface area contributed by atoms with Crippen LogP contribution in [0.4, 0.5) is 4.39 Å². The highest BCUT2D eigenvalue weighted by Crippen LogP contribution is 2.24. The van der Waals surface area contributed by atoms with Gasteiger partial charge in [-0.2, -0.15) is 0 Å². The van der Waals surface area contributed by atoms with Crippen LogP contribution in [-0.4, -0.2) is 29.5 Å². The lowest BCUT2D eigenvalue weighted by molar-refractivity contribution is 0.298. The van der Waals surface area contributed by atoms with Gasteiger partial charge in [0, 0.05) is 29.4 Å². The van der Waals surface area contributed by atoms with Gasteiger partial charge in [-0.3, -0.25) is 9.69 Å². The fraction of sp³-hybridized carbons (Fsp3) is 0.222. The minimum atomic E-state index is -0.185. The van der Waals surface area contributed by atoms with E-state index in [0.29, 0.717) is 0 Å². The molecule has 4 aromatic rings. The molecule has 4 heteroatoms. The standard InChI is InChI=1S/C27H25FN2O/c28-22-10-8-20(9-11-22)21-13-16-30(17-14-21)15-3-4-19-7-12-26-25(18-19)23-5-1-2-6-24(23)27(31)29-26/h1-2,5-13,18H,3-4,14-17H2,(H,29,31). The van der Waals surface area contributed by atoms with E-state index in [2.05, 4.69) is 28.1 Å². The molecule has 0 bridgehead atoms. The summed E-state index contributed by atoms with van der Waals surface area (Å²) < 4.78 is 13.1. The van der Waals surface area contributed by atoms with E-state index >= 15 is 0 Å². The number of aromatic nitrogens is 1. The quantitative estimate of drug-likeness (QED) is 0.437. The van der Waals surface area contributed by atoms with Crippen LogP contribution in [0.5, 0.6) is 0 Å². The highest BCUT2D eigenvalue weighted by Gasteiger charge is 2.13. The lowest BCUT2D eigenvalue weighted by Gasteiger charge is -2.26. The van der Waals surface area contributed by atoms with Crippen molar-refractivity contribution in [2.45, 2.75) is 19.3 Å². The third-order valence-corrected chi connectivity index (χ3v) is 6.24. The molecule has 0 aliphatic carbocycles. The predicted molar refractivity (Wildman–Crippen MR) is 126 cm³/mol. The highest BCUT2D eigenvalue weighted by molar-refractivity contribution is 6.05. The summed E-state index contributed by atoms with van der Waals surface area (Å²) >= 11 is 0. The van der Waals surface area contributed by atoms with E-state index in [4.69, 9.17) is 0 Å². The smallest absolute Gasteiger partial charge is 0.256 e. The summed E-state index contributed by atoms with van der Waals surface area (Å²) in [6.45, 7) is 3.03.